The zero-order valence-electron chi connectivity index (χ0n) is 8.58. The van der Waals surface area contributed by atoms with E-state index in [9.17, 15) is 0 Å². The Bertz CT molecular complexity index is 236. The minimum absolute atomic E-state index is 0.430. The molecule has 0 saturated heterocycles. The molecule has 1 N–H and O–H groups in total. The molecule has 2 rings (SSSR count). The van der Waals surface area contributed by atoms with Crippen molar-refractivity contribution in [1.29, 1.82) is 0 Å². The maximum absolute atomic E-state index is 8.89. The Balaban J connectivity index is 2.26. The molecule has 0 aliphatic heterocycles. The van der Waals surface area contributed by atoms with Crippen LogP contribution in [0.2, 0.25) is 0 Å². The molecule has 0 aromatic rings. The van der Waals surface area contributed by atoms with E-state index in [-0.39, 0.29) is 0 Å². The van der Waals surface area contributed by atoms with Gasteiger partial charge in [0, 0.05) is 5.92 Å². The van der Waals surface area contributed by atoms with Crippen LogP contribution in [0.5, 0.6) is 0 Å². The number of oxime groups is 1. The fourth-order valence-electron chi connectivity index (χ4n) is 3.27. The summed E-state index contributed by atoms with van der Waals surface area (Å²) in [7, 11) is 0. The molecular formula is C11H19NO. The second kappa shape index (κ2) is 3.00. The van der Waals surface area contributed by atoms with Gasteiger partial charge in [-0.25, -0.2) is 0 Å². The molecule has 2 nitrogen and oxygen atoms in total. The zero-order chi connectivity index (χ0) is 9.47. The molecule has 2 aliphatic rings. The summed E-state index contributed by atoms with van der Waals surface area (Å²) < 4.78 is 0. The Hall–Kier alpha value is -0.530. The summed E-state index contributed by atoms with van der Waals surface area (Å²) in [5, 5.41) is 12.3. The predicted octanol–water partition coefficient (Wildman–Crippen LogP) is 3.05. The van der Waals surface area contributed by atoms with Gasteiger partial charge in [0.2, 0.25) is 0 Å². The van der Waals surface area contributed by atoms with Crippen molar-refractivity contribution in [3.8, 4) is 0 Å². The molecule has 0 unspecified atom stereocenters. The Labute approximate surface area is 80.0 Å². The summed E-state index contributed by atoms with van der Waals surface area (Å²) >= 11 is 0. The third-order valence-electron chi connectivity index (χ3n) is 4.52. The first-order chi connectivity index (χ1) is 6.18. The van der Waals surface area contributed by atoms with Crippen molar-refractivity contribution >= 4 is 5.71 Å². The molecular weight excluding hydrogens is 162 g/mol. The van der Waals surface area contributed by atoms with Crippen LogP contribution in [0.4, 0.5) is 0 Å². The van der Waals surface area contributed by atoms with Crippen LogP contribution >= 0.6 is 0 Å². The quantitative estimate of drug-likeness (QED) is 0.452. The maximum Gasteiger partial charge on any atom is 0.0607 e. The standard InChI is InChI=1S/C11H19NO/c1-8-10(12-13)7-9-5-3-4-6-11(8,9)2/h8-9,13H,3-7H2,1-2H3/b12-10-/t8-,9-,11+/m1/s1. The molecule has 2 fully saturated rings. The lowest BCUT2D eigenvalue weighted by atomic mass is 9.66. The minimum Gasteiger partial charge on any atom is -0.411 e. The highest BCUT2D eigenvalue weighted by Crippen LogP contribution is 2.53. The Morgan fingerprint density at radius 3 is 2.85 bits per heavy atom. The van der Waals surface area contributed by atoms with E-state index in [0.717, 1.165) is 18.1 Å². The zero-order valence-corrected chi connectivity index (χ0v) is 8.58. The highest BCUT2D eigenvalue weighted by Gasteiger charge is 2.48. The Morgan fingerprint density at radius 1 is 1.46 bits per heavy atom. The van der Waals surface area contributed by atoms with Crippen LogP contribution < -0.4 is 0 Å². The van der Waals surface area contributed by atoms with Crippen molar-refractivity contribution in [3.05, 3.63) is 0 Å². The number of hydrogen-bond donors (Lipinski definition) is 1. The third kappa shape index (κ3) is 1.18. The van der Waals surface area contributed by atoms with Gasteiger partial charge in [-0.05, 0) is 30.6 Å². The van der Waals surface area contributed by atoms with Crippen molar-refractivity contribution < 1.29 is 5.21 Å². The highest BCUT2D eigenvalue weighted by atomic mass is 16.4. The molecule has 0 bridgehead atoms. The smallest absolute Gasteiger partial charge is 0.0607 e. The average Bonchev–Trinajstić information content (AvgIpc) is 2.40. The second-order valence-electron chi connectivity index (χ2n) is 4.97. The van der Waals surface area contributed by atoms with Crippen molar-refractivity contribution in [3.63, 3.8) is 0 Å². The van der Waals surface area contributed by atoms with Crippen LogP contribution in [-0.4, -0.2) is 10.9 Å². The first kappa shape index (κ1) is 9.04. The molecule has 2 heteroatoms. The Kier molecular flexibility index (Phi) is 2.09. The predicted molar refractivity (Wildman–Crippen MR) is 53.1 cm³/mol. The molecule has 0 aromatic heterocycles. The summed E-state index contributed by atoms with van der Waals surface area (Å²) in [6.07, 6.45) is 6.41. The summed E-state index contributed by atoms with van der Waals surface area (Å²) in [6, 6.07) is 0. The van der Waals surface area contributed by atoms with E-state index >= 15 is 0 Å². The fourth-order valence-corrected chi connectivity index (χ4v) is 3.27. The number of nitrogens with zero attached hydrogens (tertiary/aromatic N) is 1. The van der Waals surface area contributed by atoms with Crippen molar-refractivity contribution in [2.45, 2.75) is 46.0 Å². The number of fused-ring (bicyclic) bond motifs is 1. The maximum atomic E-state index is 8.89. The summed E-state index contributed by atoms with van der Waals surface area (Å²) in [5.41, 5.74) is 1.47. The van der Waals surface area contributed by atoms with Gasteiger partial charge >= 0.3 is 0 Å². The van der Waals surface area contributed by atoms with Gasteiger partial charge in [-0.3, -0.25) is 0 Å². The highest BCUT2D eigenvalue weighted by molar-refractivity contribution is 5.89. The van der Waals surface area contributed by atoms with E-state index < -0.39 is 0 Å². The molecule has 0 amide bonds. The van der Waals surface area contributed by atoms with Crippen molar-refractivity contribution in [2.24, 2.45) is 22.4 Å². The first-order valence-corrected chi connectivity index (χ1v) is 5.39. The largest absolute Gasteiger partial charge is 0.411 e. The molecule has 3 atom stereocenters. The van der Waals surface area contributed by atoms with Crippen LogP contribution in [0, 0.1) is 17.3 Å². The van der Waals surface area contributed by atoms with Crippen LogP contribution in [0.3, 0.4) is 0 Å². The van der Waals surface area contributed by atoms with E-state index in [0.29, 0.717) is 11.3 Å². The minimum atomic E-state index is 0.430. The average molecular weight is 181 g/mol. The van der Waals surface area contributed by atoms with Gasteiger partial charge in [0.05, 0.1) is 5.71 Å². The molecule has 13 heavy (non-hydrogen) atoms. The van der Waals surface area contributed by atoms with Crippen molar-refractivity contribution in [1.82, 2.24) is 0 Å². The van der Waals surface area contributed by atoms with Gasteiger partial charge in [-0.15, -0.1) is 0 Å². The van der Waals surface area contributed by atoms with Gasteiger partial charge < -0.3 is 5.21 Å². The van der Waals surface area contributed by atoms with E-state index in [4.69, 9.17) is 5.21 Å². The van der Waals surface area contributed by atoms with Gasteiger partial charge in [0.1, 0.15) is 0 Å². The van der Waals surface area contributed by atoms with Gasteiger partial charge in [0.15, 0.2) is 0 Å². The molecule has 2 aliphatic carbocycles. The normalized spacial score (nSPS) is 48.0. The van der Waals surface area contributed by atoms with E-state index in [2.05, 4.69) is 19.0 Å². The van der Waals surface area contributed by atoms with Gasteiger partial charge in [0.25, 0.3) is 0 Å². The lowest BCUT2D eigenvalue weighted by Crippen LogP contribution is -2.31. The fraction of sp³-hybridized carbons (Fsp3) is 0.909. The molecule has 0 aromatic carbocycles. The van der Waals surface area contributed by atoms with Crippen LogP contribution in [0.15, 0.2) is 5.16 Å². The molecule has 0 spiro atoms. The van der Waals surface area contributed by atoms with Gasteiger partial charge in [-0.1, -0.05) is 31.8 Å². The number of rotatable bonds is 0. The number of hydrogen-bond acceptors (Lipinski definition) is 2. The van der Waals surface area contributed by atoms with Crippen LogP contribution in [-0.2, 0) is 0 Å². The SMILES string of the molecule is C[C@@H]1/C(=N\O)C[C@H]2CCCC[C@]21C. The lowest BCUT2D eigenvalue weighted by Gasteiger charge is -2.38. The third-order valence-corrected chi connectivity index (χ3v) is 4.52. The first-order valence-electron chi connectivity index (χ1n) is 5.39. The second-order valence-corrected chi connectivity index (χ2v) is 4.97. The van der Waals surface area contributed by atoms with Crippen LogP contribution in [0.1, 0.15) is 46.0 Å². The lowest BCUT2D eigenvalue weighted by molar-refractivity contribution is 0.115. The summed E-state index contributed by atoms with van der Waals surface area (Å²) in [4.78, 5) is 0. The van der Waals surface area contributed by atoms with Crippen LogP contribution in [0.25, 0.3) is 0 Å². The van der Waals surface area contributed by atoms with E-state index in [1.807, 2.05) is 0 Å². The monoisotopic (exact) mass is 181 g/mol. The summed E-state index contributed by atoms with van der Waals surface area (Å²) in [6.45, 7) is 4.60. The summed E-state index contributed by atoms with van der Waals surface area (Å²) in [5.74, 6) is 1.27. The molecule has 0 radical (unpaired) electrons. The Morgan fingerprint density at radius 2 is 2.23 bits per heavy atom. The molecule has 0 heterocycles. The topological polar surface area (TPSA) is 32.6 Å². The molecule has 2 saturated carbocycles. The van der Waals surface area contributed by atoms with E-state index in [1.165, 1.54) is 25.7 Å². The van der Waals surface area contributed by atoms with E-state index in [1.54, 1.807) is 0 Å². The molecule has 74 valence electrons. The van der Waals surface area contributed by atoms with Gasteiger partial charge in [-0.2, -0.15) is 0 Å². The van der Waals surface area contributed by atoms with Crippen molar-refractivity contribution in [2.75, 3.05) is 0 Å².